The fourth-order valence-electron chi connectivity index (χ4n) is 1.96. The molecule has 1 fully saturated rings. The summed E-state index contributed by atoms with van der Waals surface area (Å²) in [6.45, 7) is 1.41. The first-order valence-corrected chi connectivity index (χ1v) is 6.91. The topological polar surface area (TPSA) is 49.4 Å². The lowest BCUT2D eigenvalue weighted by Crippen LogP contribution is -2.38. The lowest BCUT2D eigenvalue weighted by Gasteiger charge is -2.23. The standard InChI is InChI=1S/C11H15FN2O2S/c1-14(9-6-7-13-8-9)17(15,16)11-5-3-2-4-10(11)12/h2-5,9,13H,6-8H2,1H3. The van der Waals surface area contributed by atoms with Gasteiger partial charge in [-0.2, -0.15) is 4.31 Å². The van der Waals surface area contributed by atoms with E-state index in [-0.39, 0.29) is 10.9 Å². The average molecular weight is 258 g/mol. The van der Waals surface area contributed by atoms with E-state index in [1.54, 1.807) is 0 Å². The third-order valence-corrected chi connectivity index (χ3v) is 4.99. The Bertz CT molecular complexity index is 498. The molecular formula is C11H15FN2O2S. The van der Waals surface area contributed by atoms with Crippen LogP contribution in [-0.4, -0.2) is 38.9 Å². The van der Waals surface area contributed by atoms with Crippen molar-refractivity contribution in [1.82, 2.24) is 9.62 Å². The minimum Gasteiger partial charge on any atom is -0.315 e. The number of benzene rings is 1. The van der Waals surface area contributed by atoms with Crippen LogP contribution in [0.1, 0.15) is 6.42 Å². The summed E-state index contributed by atoms with van der Waals surface area (Å²) < 4.78 is 39.2. The minimum atomic E-state index is -3.73. The van der Waals surface area contributed by atoms with E-state index in [9.17, 15) is 12.8 Å². The van der Waals surface area contributed by atoms with Gasteiger partial charge in [0.1, 0.15) is 10.7 Å². The van der Waals surface area contributed by atoms with Crippen LogP contribution in [0.2, 0.25) is 0 Å². The maximum atomic E-state index is 13.5. The van der Waals surface area contributed by atoms with Crippen molar-refractivity contribution in [2.45, 2.75) is 17.4 Å². The molecule has 1 aromatic carbocycles. The van der Waals surface area contributed by atoms with E-state index in [2.05, 4.69) is 5.32 Å². The number of nitrogens with zero attached hydrogens (tertiary/aromatic N) is 1. The fraction of sp³-hybridized carbons (Fsp3) is 0.455. The van der Waals surface area contributed by atoms with Crippen molar-refractivity contribution in [3.63, 3.8) is 0 Å². The largest absolute Gasteiger partial charge is 0.315 e. The molecular weight excluding hydrogens is 243 g/mol. The molecule has 0 radical (unpaired) electrons. The molecule has 1 aromatic rings. The molecule has 1 unspecified atom stereocenters. The van der Waals surface area contributed by atoms with Gasteiger partial charge in [0.2, 0.25) is 10.0 Å². The zero-order chi connectivity index (χ0) is 12.5. The molecule has 0 saturated carbocycles. The summed E-state index contributed by atoms with van der Waals surface area (Å²) in [4.78, 5) is -0.255. The van der Waals surface area contributed by atoms with Gasteiger partial charge in [0.25, 0.3) is 0 Å². The van der Waals surface area contributed by atoms with Gasteiger partial charge in [0.15, 0.2) is 0 Å². The van der Waals surface area contributed by atoms with Gasteiger partial charge in [0.05, 0.1) is 0 Å². The summed E-state index contributed by atoms with van der Waals surface area (Å²) in [5, 5.41) is 3.09. The van der Waals surface area contributed by atoms with Crippen LogP contribution >= 0.6 is 0 Å². The second-order valence-corrected chi connectivity index (χ2v) is 6.06. The van der Waals surface area contributed by atoms with E-state index < -0.39 is 15.8 Å². The summed E-state index contributed by atoms with van der Waals surface area (Å²) >= 11 is 0. The highest BCUT2D eigenvalue weighted by atomic mass is 32.2. The van der Waals surface area contributed by atoms with Gasteiger partial charge in [-0.05, 0) is 25.1 Å². The Morgan fingerprint density at radius 1 is 1.41 bits per heavy atom. The quantitative estimate of drug-likeness (QED) is 0.873. The summed E-state index contributed by atoms with van der Waals surface area (Å²) in [6, 6.07) is 5.36. The van der Waals surface area contributed by atoms with Crippen LogP contribution < -0.4 is 5.32 Å². The molecule has 6 heteroatoms. The zero-order valence-corrected chi connectivity index (χ0v) is 10.4. The molecule has 2 rings (SSSR count). The van der Waals surface area contributed by atoms with Gasteiger partial charge in [-0.1, -0.05) is 12.1 Å². The molecule has 1 saturated heterocycles. The number of nitrogens with one attached hydrogen (secondary N) is 1. The Hall–Kier alpha value is -0.980. The molecule has 0 spiro atoms. The monoisotopic (exact) mass is 258 g/mol. The van der Waals surface area contributed by atoms with Gasteiger partial charge < -0.3 is 5.32 Å². The molecule has 17 heavy (non-hydrogen) atoms. The molecule has 4 nitrogen and oxygen atoms in total. The SMILES string of the molecule is CN(C1CCNC1)S(=O)(=O)c1ccccc1F. The van der Waals surface area contributed by atoms with Crippen LogP contribution in [0.5, 0.6) is 0 Å². The van der Waals surface area contributed by atoms with Gasteiger partial charge >= 0.3 is 0 Å². The van der Waals surface area contributed by atoms with E-state index in [0.717, 1.165) is 19.0 Å². The molecule has 94 valence electrons. The van der Waals surface area contributed by atoms with Crippen LogP contribution in [-0.2, 0) is 10.0 Å². The first kappa shape index (κ1) is 12.5. The van der Waals surface area contributed by atoms with E-state index in [4.69, 9.17) is 0 Å². The smallest absolute Gasteiger partial charge is 0.246 e. The van der Waals surface area contributed by atoms with Crippen molar-refractivity contribution in [3.05, 3.63) is 30.1 Å². The molecule has 0 bridgehead atoms. The third kappa shape index (κ3) is 2.34. The Kier molecular flexibility index (Phi) is 3.46. The average Bonchev–Trinajstić information content (AvgIpc) is 2.81. The van der Waals surface area contributed by atoms with E-state index in [1.807, 2.05) is 0 Å². The van der Waals surface area contributed by atoms with Gasteiger partial charge in [-0.25, -0.2) is 12.8 Å². The van der Waals surface area contributed by atoms with Crippen LogP contribution in [0.3, 0.4) is 0 Å². The van der Waals surface area contributed by atoms with Gasteiger partial charge in [0, 0.05) is 19.6 Å². The molecule has 1 aliphatic rings. The number of hydrogen-bond donors (Lipinski definition) is 1. The molecule has 0 aromatic heterocycles. The minimum absolute atomic E-state index is 0.0976. The summed E-state index contributed by atoms with van der Waals surface area (Å²) in [5.41, 5.74) is 0. The number of rotatable bonds is 3. The molecule has 0 aliphatic carbocycles. The highest BCUT2D eigenvalue weighted by Crippen LogP contribution is 2.21. The van der Waals surface area contributed by atoms with Crippen molar-refractivity contribution < 1.29 is 12.8 Å². The second kappa shape index (κ2) is 4.72. The highest BCUT2D eigenvalue weighted by molar-refractivity contribution is 7.89. The Morgan fingerprint density at radius 3 is 2.71 bits per heavy atom. The number of hydrogen-bond acceptors (Lipinski definition) is 3. The van der Waals surface area contributed by atoms with E-state index in [0.29, 0.717) is 6.54 Å². The number of halogens is 1. The summed E-state index contributed by atoms with van der Waals surface area (Å²) in [6.07, 6.45) is 0.754. The van der Waals surface area contributed by atoms with E-state index in [1.165, 1.54) is 29.6 Å². The van der Waals surface area contributed by atoms with Crippen LogP contribution in [0.25, 0.3) is 0 Å². The van der Waals surface area contributed by atoms with Crippen molar-refractivity contribution in [2.24, 2.45) is 0 Å². The van der Waals surface area contributed by atoms with Crippen molar-refractivity contribution in [3.8, 4) is 0 Å². The predicted molar refractivity (Wildman–Crippen MR) is 62.6 cm³/mol. The van der Waals surface area contributed by atoms with Gasteiger partial charge in [-0.3, -0.25) is 0 Å². The molecule has 1 N–H and O–H groups in total. The van der Waals surface area contributed by atoms with E-state index >= 15 is 0 Å². The lowest BCUT2D eigenvalue weighted by atomic mass is 10.3. The van der Waals surface area contributed by atoms with Crippen molar-refractivity contribution in [2.75, 3.05) is 20.1 Å². The van der Waals surface area contributed by atoms with Crippen LogP contribution in [0.4, 0.5) is 4.39 Å². The maximum absolute atomic E-state index is 13.5. The zero-order valence-electron chi connectivity index (χ0n) is 9.56. The summed E-state index contributed by atoms with van der Waals surface area (Å²) in [7, 11) is -2.24. The van der Waals surface area contributed by atoms with Crippen LogP contribution in [0.15, 0.2) is 29.2 Å². The van der Waals surface area contributed by atoms with Crippen LogP contribution in [0, 0.1) is 5.82 Å². The molecule has 1 aliphatic heterocycles. The normalized spacial score (nSPS) is 21.0. The highest BCUT2D eigenvalue weighted by Gasteiger charge is 2.31. The predicted octanol–water partition coefficient (Wildman–Crippen LogP) is 0.808. The fourth-order valence-corrected chi connectivity index (χ4v) is 3.40. The Labute approximate surface area is 100 Å². The molecule has 1 atom stereocenters. The van der Waals surface area contributed by atoms with Gasteiger partial charge in [-0.15, -0.1) is 0 Å². The summed E-state index contributed by atoms with van der Waals surface area (Å²) in [5.74, 6) is -0.703. The second-order valence-electron chi connectivity index (χ2n) is 4.10. The Balaban J connectivity index is 2.33. The Morgan fingerprint density at radius 2 is 2.12 bits per heavy atom. The first-order valence-electron chi connectivity index (χ1n) is 5.47. The number of likely N-dealkylation sites (N-methyl/N-ethyl adjacent to an activating group) is 1. The first-order chi connectivity index (χ1) is 8.03. The maximum Gasteiger partial charge on any atom is 0.246 e. The van der Waals surface area contributed by atoms with Crippen molar-refractivity contribution in [1.29, 1.82) is 0 Å². The van der Waals surface area contributed by atoms with Crippen molar-refractivity contribution >= 4 is 10.0 Å². The lowest BCUT2D eigenvalue weighted by molar-refractivity contribution is 0.385. The third-order valence-electron chi connectivity index (χ3n) is 3.04. The number of sulfonamides is 1. The molecule has 1 heterocycles. The molecule has 0 amide bonds.